The fourth-order valence-electron chi connectivity index (χ4n) is 10.1. The number of ether oxygens (including phenoxy) is 1. The van der Waals surface area contributed by atoms with Crippen LogP contribution < -0.4 is 9.30 Å². The molecule has 0 radical (unpaired) electrons. The Hall–Kier alpha value is -9.06. The molecule has 338 valence electrons. The van der Waals surface area contributed by atoms with Gasteiger partial charge in [0.15, 0.2) is 0 Å². The second-order valence-electron chi connectivity index (χ2n) is 18.6. The van der Waals surface area contributed by atoms with Crippen LogP contribution in [0.2, 0.25) is 0 Å². The van der Waals surface area contributed by atoms with E-state index in [9.17, 15) is 0 Å². The molecule has 1 aliphatic carbocycles. The maximum Gasteiger partial charge on any atom is 0.269 e. The highest BCUT2D eigenvalue weighted by atomic mass is 16.5. The van der Waals surface area contributed by atoms with Gasteiger partial charge in [0, 0.05) is 28.8 Å². The number of hydrogen-bond acceptors (Lipinski definition) is 2. The number of aromatic nitrogens is 4. The van der Waals surface area contributed by atoms with Crippen molar-refractivity contribution >= 4 is 21.9 Å². The lowest BCUT2D eigenvalue weighted by Gasteiger charge is -2.23. The minimum atomic E-state index is -0.570. The molecule has 1 aliphatic rings. The molecule has 0 fully saturated rings. The van der Waals surface area contributed by atoms with Gasteiger partial charge < -0.3 is 4.74 Å². The molecular formula is C66H48N4O. The van der Waals surface area contributed by atoms with E-state index in [4.69, 9.17) is 23.4 Å². The van der Waals surface area contributed by atoms with E-state index in [1.165, 1.54) is 0 Å². The Morgan fingerprint density at radius 3 is 1.76 bits per heavy atom. The van der Waals surface area contributed by atoms with Crippen LogP contribution in [0.3, 0.4) is 0 Å². The SMILES string of the molecule is [2H]c1c([2H])c([2H])c(-c2cccc(-c3c([2H])c([2H])c([2H])c([2H])c3[2H])c2-[n+]2[c-]n(-c3cccc(Oc4ccc5c6c(n(-c7cc(C(C)(C)C)ccn7)c5c4)-c4ccccc4-c4ccccc4-c4ccccc4-6)c3)c3ccccc32)c([2H])c1[2H]. The van der Waals surface area contributed by atoms with Crippen LogP contribution in [0.1, 0.15) is 40.0 Å². The van der Waals surface area contributed by atoms with Crippen molar-refractivity contribution in [1.82, 2.24) is 14.1 Å². The van der Waals surface area contributed by atoms with E-state index >= 15 is 0 Å². The molecule has 13 rings (SSSR count). The van der Waals surface area contributed by atoms with Gasteiger partial charge in [0.25, 0.3) is 6.33 Å². The Balaban J connectivity index is 1.00. The number of hydrogen-bond donors (Lipinski definition) is 0. The summed E-state index contributed by atoms with van der Waals surface area (Å²) in [4.78, 5) is 5.10. The molecule has 0 atom stereocenters. The van der Waals surface area contributed by atoms with Gasteiger partial charge in [-0.05, 0) is 104 Å². The fourth-order valence-corrected chi connectivity index (χ4v) is 10.1. The van der Waals surface area contributed by atoms with Crippen LogP contribution >= 0.6 is 0 Å². The van der Waals surface area contributed by atoms with E-state index in [2.05, 4.69) is 129 Å². The second-order valence-corrected chi connectivity index (χ2v) is 18.6. The zero-order chi connectivity index (χ0) is 56.3. The van der Waals surface area contributed by atoms with Crippen molar-refractivity contribution in [2.75, 3.05) is 0 Å². The quantitative estimate of drug-likeness (QED) is 0.118. The van der Waals surface area contributed by atoms with Crippen molar-refractivity contribution in [2.45, 2.75) is 26.2 Å². The van der Waals surface area contributed by atoms with Gasteiger partial charge in [-0.15, -0.1) is 0 Å². The van der Waals surface area contributed by atoms with Crippen LogP contribution in [0, 0.1) is 6.33 Å². The largest absolute Gasteiger partial charge is 0.458 e. The molecule has 0 N–H and O–H groups in total. The van der Waals surface area contributed by atoms with Crippen molar-refractivity contribution in [2.24, 2.45) is 0 Å². The van der Waals surface area contributed by atoms with Gasteiger partial charge in [0.2, 0.25) is 0 Å². The number of pyridine rings is 1. The third-order valence-corrected chi connectivity index (χ3v) is 13.3. The molecule has 0 saturated heterocycles. The van der Waals surface area contributed by atoms with E-state index < -0.39 is 60.4 Å². The average molecular weight is 923 g/mol. The smallest absolute Gasteiger partial charge is 0.269 e. The van der Waals surface area contributed by atoms with Crippen molar-refractivity contribution in [3.63, 3.8) is 0 Å². The lowest BCUT2D eigenvalue weighted by Crippen LogP contribution is -2.31. The summed E-state index contributed by atoms with van der Waals surface area (Å²) in [5.74, 6) is 1.83. The molecule has 9 aromatic carbocycles. The van der Waals surface area contributed by atoms with Crippen LogP contribution in [-0.4, -0.2) is 14.1 Å². The number of nitrogens with zero attached hydrogens (tertiary/aromatic N) is 4. The molecule has 12 aromatic rings. The summed E-state index contributed by atoms with van der Waals surface area (Å²) in [5, 5.41) is 1.01. The Bertz CT molecular complexity index is 4490. The predicted octanol–water partition coefficient (Wildman–Crippen LogP) is 16.5. The van der Waals surface area contributed by atoms with E-state index in [0.29, 0.717) is 28.2 Å². The van der Waals surface area contributed by atoms with E-state index in [-0.39, 0.29) is 33.4 Å². The lowest BCUT2D eigenvalue weighted by atomic mass is 9.82. The Labute approximate surface area is 427 Å². The lowest BCUT2D eigenvalue weighted by molar-refractivity contribution is -0.571. The number of rotatable bonds is 7. The Morgan fingerprint density at radius 2 is 1.08 bits per heavy atom. The summed E-state index contributed by atoms with van der Waals surface area (Å²) in [5.41, 5.74) is 12.6. The van der Waals surface area contributed by atoms with Gasteiger partial charge >= 0.3 is 0 Å². The summed E-state index contributed by atoms with van der Waals surface area (Å²) < 4.78 is 100. The molecule has 0 aliphatic heterocycles. The normalized spacial score (nSPS) is 13.8. The van der Waals surface area contributed by atoms with Crippen LogP contribution in [0.5, 0.6) is 11.5 Å². The van der Waals surface area contributed by atoms with Gasteiger partial charge in [0.1, 0.15) is 17.3 Å². The third kappa shape index (κ3) is 7.16. The molecule has 0 unspecified atom stereocenters. The predicted molar refractivity (Wildman–Crippen MR) is 290 cm³/mol. The molecule has 0 saturated carbocycles. The molecule has 0 spiro atoms. The highest BCUT2D eigenvalue weighted by Crippen LogP contribution is 2.52. The summed E-state index contributed by atoms with van der Waals surface area (Å²) >= 11 is 0. The summed E-state index contributed by atoms with van der Waals surface area (Å²) in [6.45, 7) is 6.60. The summed E-state index contributed by atoms with van der Waals surface area (Å²) in [6.07, 6.45) is 5.36. The molecule has 3 aromatic heterocycles. The van der Waals surface area contributed by atoms with Gasteiger partial charge in [-0.2, -0.15) is 0 Å². The van der Waals surface area contributed by atoms with Crippen LogP contribution in [-0.2, 0) is 5.41 Å². The molecule has 0 bridgehead atoms. The average Bonchev–Trinajstić information content (AvgIpc) is 4.27. The highest BCUT2D eigenvalue weighted by Gasteiger charge is 2.30. The van der Waals surface area contributed by atoms with Crippen LogP contribution in [0.15, 0.2) is 236 Å². The van der Waals surface area contributed by atoms with Crippen LogP contribution in [0.4, 0.5) is 0 Å². The monoisotopic (exact) mass is 922 g/mol. The minimum absolute atomic E-state index is 0.135. The molecule has 5 heteroatoms. The van der Waals surface area contributed by atoms with E-state index in [1.807, 2.05) is 65.4 Å². The highest BCUT2D eigenvalue weighted by molar-refractivity contribution is 6.13. The minimum Gasteiger partial charge on any atom is -0.458 e. The van der Waals surface area contributed by atoms with Gasteiger partial charge in [-0.1, -0.05) is 203 Å². The third-order valence-electron chi connectivity index (χ3n) is 13.3. The number of fused-ring (bicyclic) bond motifs is 11. The first-order chi connectivity index (χ1) is 39.0. The number of para-hydroxylation sites is 3. The zero-order valence-corrected chi connectivity index (χ0v) is 38.9. The maximum absolute atomic E-state index is 9.10. The Morgan fingerprint density at radius 1 is 0.521 bits per heavy atom. The molecule has 0 amide bonds. The van der Waals surface area contributed by atoms with Crippen molar-refractivity contribution < 1.29 is 23.0 Å². The van der Waals surface area contributed by atoms with Crippen molar-refractivity contribution in [1.29, 1.82) is 0 Å². The van der Waals surface area contributed by atoms with Gasteiger partial charge in [-0.25, -0.2) is 4.98 Å². The first kappa shape index (κ1) is 32.6. The van der Waals surface area contributed by atoms with Crippen molar-refractivity contribution in [3.05, 3.63) is 248 Å². The molecule has 5 nitrogen and oxygen atoms in total. The summed E-state index contributed by atoms with van der Waals surface area (Å²) in [7, 11) is 0. The molecular weight excluding hydrogens is 865 g/mol. The maximum atomic E-state index is 9.10. The summed E-state index contributed by atoms with van der Waals surface area (Å²) in [6, 6.07) is 50.7. The van der Waals surface area contributed by atoms with Gasteiger partial charge in [0.05, 0.1) is 47.3 Å². The van der Waals surface area contributed by atoms with Gasteiger partial charge in [-0.3, -0.25) is 13.7 Å². The molecule has 3 heterocycles. The van der Waals surface area contributed by atoms with E-state index in [1.54, 1.807) is 22.8 Å². The fraction of sp³-hybridized carbons (Fsp3) is 0.0606. The zero-order valence-electron chi connectivity index (χ0n) is 48.9. The topological polar surface area (TPSA) is 35.9 Å². The first-order valence-corrected chi connectivity index (χ1v) is 23.5. The molecule has 71 heavy (non-hydrogen) atoms. The van der Waals surface area contributed by atoms with Crippen molar-refractivity contribution in [3.8, 4) is 95.6 Å². The number of imidazole rings is 1. The Kier molecular flexibility index (Phi) is 7.75. The number of benzene rings is 9. The van der Waals surface area contributed by atoms with E-state index in [0.717, 1.165) is 66.9 Å². The second kappa shape index (κ2) is 16.9. The standard InChI is InChI=1S/C66H48N4O/c1-66(2,3)46-38-39-67-62(40-46)70-61-42-49(36-37-58(61)63-56-30-14-12-28-54(56)52-26-10-11-27-53(52)55-29-13-15-31-57(55)65(63)70)71-48-25-18-24-47(41-48)68-43-69(60-35-17-16-34-59(60)68)64-50(44-20-6-4-7-21-44)32-19-33-51(64)45-22-8-5-9-23-45/h4-42H,1-3H3/i4D,5D,6D,7D,8D,9D,20D,21D,22D,23D. The van der Waals surface area contributed by atoms with Crippen LogP contribution in [0.25, 0.3) is 106 Å². The first-order valence-electron chi connectivity index (χ1n) is 28.5.